The van der Waals surface area contributed by atoms with Crippen molar-refractivity contribution in [1.82, 2.24) is 4.57 Å². The van der Waals surface area contributed by atoms with Gasteiger partial charge in [-0.1, -0.05) is 53.8 Å². The molecule has 32 heavy (non-hydrogen) atoms. The van der Waals surface area contributed by atoms with E-state index in [0.717, 1.165) is 21.0 Å². The van der Waals surface area contributed by atoms with Crippen molar-refractivity contribution in [1.29, 1.82) is 0 Å². The zero-order valence-corrected chi connectivity index (χ0v) is 18.0. The topological polar surface area (TPSA) is 73.8 Å². The number of hydrogen-bond acceptors (Lipinski definition) is 5. The fraction of sp³-hybridized carbons (Fsp3) is 0.0800. The van der Waals surface area contributed by atoms with E-state index < -0.39 is 11.5 Å². The molecular formula is C25H18N2O4S. The maximum absolute atomic E-state index is 13.1. The molecule has 3 aromatic carbocycles. The molecule has 0 saturated heterocycles. The fourth-order valence-corrected chi connectivity index (χ4v) is 4.87. The van der Waals surface area contributed by atoms with Gasteiger partial charge >= 0.3 is 5.63 Å². The molecule has 0 aliphatic heterocycles. The van der Waals surface area contributed by atoms with Gasteiger partial charge in [0, 0.05) is 11.9 Å². The Balaban J connectivity index is 1.73. The van der Waals surface area contributed by atoms with Crippen molar-refractivity contribution in [2.24, 2.45) is 4.99 Å². The molecule has 1 amide bonds. The first-order chi connectivity index (χ1) is 15.6. The van der Waals surface area contributed by atoms with Crippen LogP contribution in [0.15, 0.2) is 87.5 Å². The highest BCUT2D eigenvalue weighted by Crippen LogP contribution is 2.28. The Morgan fingerprint density at radius 1 is 1.16 bits per heavy atom. The molecule has 0 aliphatic rings. The van der Waals surface area contributed by atoms with E-state index in [1.165, 1.54) is 11.3 Å². The second-order valence-electron chi connectivity index (χ2n) is 7.15. The number of amides is 1. The van der Waals surface area contributed by atoms with Crippen molar-refractivity contribution >= 4 is 49.2 Å². The average Bonchev–Trinajstić information content (AvgIpc) is 3.15. The number of methoxy groups -OCH3 is 1. The van der Waals surface area contributed by atoms with Crippen molar-refractivity contribution in [3.05, 3.63) is 94.1 Å². The number of aromatic nitrogens is 1. The number of benzene rings is 3. The molecule has 6 nitrogen and oxygen atoms in total. The number of hydrogen-bond donors (Lipinski definition) is 0. The van der Waals surface area contributed by atoms with E-state index in [0.29, 0.717) is 28.1 Å². The second-order valence-corrected chi connectivity index (χ2v) is 8.16. The van der Waals surface area contributed by atoms with Gasteiger partial charge in [-0.2, -0.15) is 4.99 Å². The predicted octanol–water partition coefficient (Wildman–Crippen LogP) is 4.90. The van der Waals surface area contributed by atoms with Crippen LogP contribution in [0.2, 0.25) is 0 Å². The van der Waals surface area contributed by atoms with Crippen molar-refractivity contribution in [2.75, 3.05) is 7.11 Å². The molecule has 0 fully saturated rings. The van der Waals surface area contributed by atoms with E-state index in [9.17, 15) is 9.59 Å². The molecule has 0 atom stereocenters. The monoisotopic (exact) mass is 442 g/mol. The van der Waals surface area contributed by atoms with Crippen LogP contribution in [0.4, 0.5) is 0 Å². The van der Waals surface area contributed by atoms with Gasteiger partial charge in [-0.3, -0.25) is 4.79 Å². The normalized spacial score (nSPS) is 12.0. The van der Waals surface area contributed by atoms with Crippen LogP contribution in [0.1, 0.15) is 10.4 Å². The summed E-state index contributed by atoms with van der Waals surface area (Å²) in [7, 11) is 1.59. The van der Waals surface area contributed by atoms with Crippen LogP contribution in [0.5, 0.6) is 5.75 Å². The highest BCUT2D eigenvalue weighted by Gasteiger charge is 2.16. The number of fused-ring (bicyclic) bond motifs is 4. The van der Waals surface area contributed by atoms with E-state index in [1.807, 2.05) is 53.1 Å². The third-order valence-electron chi connectivity index (χ3n) is 5.27. The summed E-state index contributed by atoms with van der Waals surface area (Å²) in [6.45, 7) is 4.24. The lowest BCUT2D eigenvalue weighted by Gasteiger charge is -2.06. The summed E-state index contributed by atoms with van der Waals surface area (Å²) in [4.78, 5) is 30.4. The molecule has 158 valence electrons. The van der Waals surface area contributed by atoms with Gasteiger partial charge in [0.25, 0.3) is 5.91 Å². The number of allylic oxidation sites excluding steroid dienone is 1. The number of thiazole rings is 1. The molecule has 5 aromatic rings. The summed E-state index contributed by atoms with van der Waals surface area (Å²) in [5.41, 5.74) is 0.431. The zero-order valence-electron chi connectivity index (χ0n) is 17.2. The van der Waals surface area contributed by atoms with Gasteiger partial charge in [-0.25, -0.2) is 4.79 Å². The largest absolute Gasteiger partial charge is 0.495 e. The van der Waals surface area contributed by atoms with E-state index in [2.05, 4.69) is 11.6 Å². The standard InChI is InChI=1S/C25H18N2O4S/c1-3-13-27-22-20(30-2)9-6-10-21(22)32-25(27)26-23(28)18-14-17-16-8-5-4-7-15(16)11-12-19(17)31-24(18)29/h3-12,14H,1,13H2,2H3. The summed E-state index contributed by atoms with van der Waals surface area (Å²) in [5.74, 6) is 0.0168. The molecule has 0 aliphatic carbocycles. The summed E-state index contributed by atoms with van der Waals surface area (Å²) < 4.78 is 13.7. The van der Waals surface area contributed by atoms with Gasteiger partial charge in [-0.05, 0) is 35.0 Å². The third kappa shape index (κ3) is 3.23. The first-order valence-corrected chi connectivity index (χ1v) is 10.7. The van der Waals surface area contributed by atoms with Gasteiger partial charge < -0.3 is 13.7 Å². The van der Waals surface area contributed by atoms with Crippen LogP contribution in [-0.2, 0) is 6.54 Å². The predicted molar refractivity (Wildman–Crippen MR) is 126 cm³/mol. The van der Waals surface area contributed by atoms with Gasteiger partial charge in [0.2, 0.25) is 0 Å². The maximum Gasteiger partial charge on any atom is 0.349 e. The highest BCUT2D eigenvalue weighted by molar-refractivity contribution is 7.16. The maximum atomic E-state index is 13.1. The second kappa shape index (κ2) is 7.94. The molecule has 2 aromatic heterocycles. The van der Waals surface area contributed by atoms with E-state index >= 15 is 0 Å². The number of para-hydroxylation sites is 1. The number of rotatable bonds is 4. The van der Waals surface area contributed by atoms with Crippen LogP contribution < -0.4 is 15.2 Å². The molecule has 0 radical (unpaired) electrons. The minimum atomic E-state index is -0.713. The number of ether oxygens (including phenoxy) is 1. The molecule has 0 unspecified atom stereocenters. The van der Waals surface area contributed by atoms with E-state index in [-0.39, 0.29) is 5.56 Å². The Labute approximate surface area is 186 Å². The summed E-state index contributed by atoms with van der Waals surface area (Å²) in [6, 6.07) is 18.6. The minimum absolute atomic E-state index is 0.108. The van der Waals surface area contributed by atoms with Crippen molar-refractivity contribution in [3.63, 3.8) is 0 Å². The molecule has 0 spiro atoms. The van der Waals surface area contributed by atoms with Crippen LogP contribution in [0.25, 0.3) is 32.0 Å². The molecule has 2 heterocycles. The Morgan fingerprint density at radius 3 is 2.81 bits per heavy atom. The van der Waals surface area contributed by atoms with Gasteiger partial charge in [-0.15, -0.1) is 6.58 Å². The lowest BCUT2D eigenvalue weighted by molar-refractivity contribution is 0.0994. The highest BCUT2D eigenvalue weighted by atomic mass is 32.1. The molecule has 0 bridgehead atoms. The lowest BCUT2D eigenvalue weighted by Crippen LogP contribution is -2.19. The van der Waals surface area contributed by atoms with Gasteiger partial charge in [0.1, 0.15) is 22.4 Å². The van der Waals surface area contributed by atoms with Crippen LogP contribution in [-0.4, -0.2) is 17.6 Å². The first kappa shape index (κ1) is 20.0. The van der Waals surface area contributed by atoms with Crippen LogP contribution in [0, 0.1) is 0 Å². The van der Waals surface area contributed by atoms with Crippen LogP contribution in [0.3, 0.4) is 0 Å². The number of carbonyl (C=O) groups excluding carboxylic acids is 1. The summed E-state index contributed by atoms with van der Waals surface area (Å²) in [6.07, 6.45) is 1.72. The fourth-order valence-electron chi connectivity index (χ4n) is 3.81. The molecule has 7 heteroatoms. The lowest BCUT2D eigenvalue weighted by atomic mass is 10.0. The van der Waals surface area contributed by atoms with Gasteiger partial charge in [0.05, 0.1) is 11.8 Å². The molecule has 0 N–H and O–H groups in total. The summed E-state index contributed by atoms with van der Waals surface area (Å²) >= 11 is 1.34. The van der Waals surface area contributed by atoms with Crippen molar-refractivity contribution in [3.8, 4) is 5.75 Å². The van der Waals surface area contributed by atoms with Crippen molar-refractivity contribution < 1.29 is 13.9 Å². The minimum Gasteiger partial charge on any atom is -0.495 e. The Kier molecular flexibility index (Phi) is 4.95. The van der Waals surface area contributed by atoms with Gasteiger partial charge in [0.15, 0.2) is 4.80 Å². The van der Waals surface area contributed by atoms with Crippen LogP contribution >= 0.6 is 11.3 Å². The molecular weight excluding hydrogens is 424 g/mol. The van der Waals surface area contributed by atoms with E-state index in [1.54, 1.807) is 25.3 Å². The smallest absolute Gasteiger partial charge is 0.349 e. The summed E-state index contributed by atoms with van der Waals surface area (Å²) in [5, 5.41) is 2.58. The quantitative estimate of drug-likeness (QED) is 0.225. The molecule has 0 saturated carbocycles. The Morgan fingerprint density at radius 2 is 2.00 bits per heavy atom. The van der Waals surface area contributed by atoms with Crippen molar-refractivity contribution in [2.45, 2.75) is 6.54 Å². The Hall–Kier alpha value is -3.97. The molecule has 5 rings (SSSR count). The number of nitrogens with zero attached hydrogens (tertiary/aromatic N) is 2. The van der Waals surface area contributed by atoms with E-state index in [4.69, 9.17) is 9.15 Å². The first-order valence-electron chi connectivity index (χ1n) is 9.92. The number of carbonyl (C=O) groups is 1. The Bertz CT molecular complexity index is 1660. The zero-order chi connectivity index (χ0) is 22.2. The third-order valence-corrected chi connectivity index (χ3v) is 6.31. The SMILES string of the molecule is C=CCn1c(=NC(=O)c2cc3c(ccc4ccccc43)oc2=O)sc2cccc(OC)c21. The average molecular weight is 442 g/mol.